The van der Waals surface area contributed by atoms with Crippen molar-refractivity contribution in [1.29, 1.82) is 0 Å². The predicted molar refractivity (Wildman–Crippen MR) is 73.2 cm³/mol. The van der Waals surface area contributed by atoms with Crippen molar-refractivity contribution in [1.82, 2.24) is 10.2 Å². The van der Waals surface area contributed by atoms with E-state index < -0.39 is 0 Å². The van der Waals surface area contributed by atoms with Gasteiger partial charge in [-0.15, -0.1) is 0 Å². The van der Waals surface area contributed by atoms with Gasteiger partial charge in [-0.2, -0.15) is 0 Å². The van der Waals surface area contributed by atoms with Gasteiger partial charge in [0.2, 0.25) is 0 Å². The van der Waals surface area contributed by atoms with Crippen molar-refractivity contribution in [3.05, 3.63) is 0 Å². The molecule has 1 unspecified atom stereocenters. The smallest absolute Gasteiger partial charge is 0.0623 e. The third kappa shape index (κ3) is 4.94. The van der Waals surface area contributed by atoms with E-state index in [0.29, 0.717) is 11.5 Å². The van der Waals surface area contributed by atoms with E-state index in [1.165, 1.54) is 19.4 Å². The molecule has 3 nitrogen and oxygen atoms in total. The van der Waals surface area contributed by atoms with Gasteiger partial charge in [-0.25, -0.2) is 0 Å². The summed E-state index contributed by atoms with van der Waals surface area (Å²) in [6.45, 7) is 14.5. The molecule has 3 heteroatoms. The summed E-state index contributed by atoms with van der Waals surface area (Å²) >= 11 is 0. The average Bonchev–Trinajstić information content (AvgIpc) is 2.14. The first-order valence-electron chi connectivity index (χ1n) is 6.87. The number of aliphatic hydroxyl groups is 1. The maximum Gasteiger partial charge on any atom is 0.0623 e. The Morgan fingerprint density at radius 2 is 2.06 bits per heavy atom. The van der Waals surface area contributed by atoms with Crippen molar-refractivity contribution in [2.45, 2.75) is 59.0 Å². The molecular formula is C14H30N2O. The first kappa shape index (κ1) is 14.9. The lowest BCUT2D eigenvalue weighted by Gasteiger charge is -2.43. The second kappa shape index (κ2) is 5.68. The Morgan fingerprint density at radius 1 is 1.41 bits per heavy atom. The zero-order valence-electron chi connectivity index (χ0n) is 12.2. The van der Waals surface area contributed by atoms with Gasteiger partial charge in [0.15, 0.2) is 0 Å². The SMILES string of the molecule is CC(C)NC(C)(CO)CN1CCCC(C)(C)C1. The Hall–Kier alpha value is -0.120. The standard InChI is InChI=1S/C14H30N2O/c1-12(2)15-14(5,11-17)10-16-8-6-7-13(3,4)9-16/h12,15,17H,6-11H2,1-5H3. The Bertz CT molecular complexity index is 240. The molecule has 1 rings (SSSR count). The van der Waals surface area contributed by atoms with Crippen LogP contribution < -0.4 is 5.32 Å². The molecule has 17 heavy (non-hydrogen) atoms. The lowest BCUT2D eigenvalue weighted by Crippen LogP contribution is -2.58. The van der Waals surface area contributed by atoms with Crippen LogP contribution in [0.15, 0.2) is 0 Å². The summed E-state index contributed by atoms with van der Waals surface area (Å²) in [5, 5.41) is 13.1. The van der Waals surface area contributed by atoms with E-state index in [2.05, 4.69) is 44.8 Å². The van der Waals surface area contributed by atoms with Crippen molar-refractivity contribution in [2.24, 2.45) is 5.41 Å². The second-order valence-corrected chi connectivity index (χ2v) is 7.00. The highest BCUT2D eigenvalue weighted by molar-refractivity contribution is 4.90. The van der Waals surface area contributed by atoms with E-state index in [1.807, 2.05) is 0 Å². The molecule has 2 N–H and O–H groups in total. The van der Waals surface area contributed by atoms with Crippen molar-refractivity contribution >= 4 is 0 Å². The maximum absolute atomic E-state index is 9.61. The molecule has 0 radical (unpaired) electrons. The number of hydrogen-bond donors (Lipinski definition) is 2. The van der Waals surface area contributed by atoms with E-state index >= 15 is 0 Å². The molecule has 0 saturated carbocycles. The highest BCUT2D eigenvalue weighted by Gasteiger charge is 2.32. The first-order chi connectivity index (χ1) is 7.76. The molecule has 0 aromatic carbocycles. The van der Waals surface area contributed by atoms with Crippen LogP contribution in [0.3, 0.4) is 0 Å². The van der Waals surface area contributed by atoms with Gasteiger partial charge in [-0.3, -0.25) is 0 Å². The molecule has 0 amide bonds. The van der Waals surface area contributed by atoms with Crippen LogP contribution in [0.1, 0.15) is 47.5 Å². The van der Waals surface area contributed by atoms with E-state index in [4.69, 9.17) is 0 Å². The van der Waals surface area contributed by atoms with Crippen molar-refractivity contribution in [3.8, 4) is 0 Å². The third-order valence-corrected chi connectivity index (χ3v) is 3.54. The summed E-state index contributed by atoms with van der Waals surface area (Å²) in [6.07, 6.45) is 2.59. The molecule has 1 atom stereocenters. The van der Waals surface area contributed by atoms with Gasteiger partial charge in [0.25, 0.3) is 0 Å². The summed E-state index contributed by atoms with van der Waals surface area (Å²) in [4.78, 5) is 2.50. The molecule has 0 aromatic heterocycles. The van der Waals surface area contributed by atoms with Crippen LogP contribution in [0.2, 0.25) is 0 Å². The van der Waals surface area contributed by atoms with Gasteiger partial charge in [0, 0.05) is 19.1 Å². The Balaban J connectivity index is 2.55. The molecule has 0 aliphatic carbocycles. The third-order valence-electron chi connectivity index (χ3n) is 3.54. The molecule has 1 aliphatic rings. The van der Waals surface area contributed by atoms with Crippen LogP contribution in [0.25, 0.3) is 0 Å². The average molecular weight is 242 g/mol. The Labute approximate surface area is 107 Å². The fourth-order valence-electron chi connectivity index (χ4n) is 3.01. The highest BCUT2D eigenvalue weighted by atomic mass is 16.3. The molecule has 0 aromatic rings. The summed E-state index contributed by atoms with van der Waals surface area (Å²) in [5.74, 6) is 0. The monoisotopic (exact) mass is 242 g/mol. The minimum absolute atomic E-state index is 0.179. The molecule has 0 bridgehead atoms. The summed E-state index contributed by atoms with van der Waals surface area (Å²) in [5.41, 5.74) is 0.244. The van der Waals surface area contributed by atoms with Crippen molar-refractivity contribution in [2.75, 3.05) is 26.2 Å². The van der Waals surface area contributed by atoms with Crippen LogP contribution >= 0.6 is 0 Å². The molecule has 1 aliphatic heterocycles. The number of aliphatic hydroxyl groups excluding tert-OH is 1. The summed E-state index contributed by atoms with van der Waals surface area (Å²) in [6, 6.07) is 0.407. The zero-order chi connectivity index (χ0) is 13.1. The first-order valence-corrected chi connectivity index (χ1v) is 6.87. The van der Waals surface area contributed by atoms with Crippen molar-refractivity contribution < 1.29 is 5.11 Å². The number of nitrogens with zero attached hydrogens (tertiary/aromatic N) is 1. The molecular weight excluding hydrogens is 212 g/mol. The highest BCUT2D eigenvalue weighted by Crippen LogP contribution is 2.29. The van der Waals surface area contributed by atoms with E-state index in [9.17, 15) is 5.11 Å². The Kier molecular flexibility index (Phi) is 4.99. The summed E-state index contributed by atoms with van der Waals surface area (Å²) in [7, 11) is 0. The number of piperidine rings is 1. The van der Waals surface area contributed by atoms with E-state index in [0.717, 1.165) is 13.1 Å². The zero-order valence-corrected chi connectivity index (χ0v) is 12.2. The Morgan fingerprint density at radius 3 is 2.53 bits per heavy atom. The molecule has 102 valence electrons. The van der Waals surface area contributed by atoms with Gasteiger partial charge >= 0.3 is 0 Å². The number of rotatable bonds is 5. The number of likely N-dealkylation sites (tertiary alicyclic amines) is 1. The van der Waals surface area contributed by atoms with Crippen LogP contribution in [0.4, 0.5) is 0 Å². The fourth-order valence-corrected chi connectivity index (χ4v) is 3.01. The second-order valence-electron chi connectivity index (χ2n) is 7.00. The minimum atomic E-state index is -0.179. The lowest BCUT2D eigenvalue weighted by molar-refractivity contribution is 0.0623. The normalized spacial score (nSPS) is 24.9. The van der Waals surface area contributed by atoms with Gasteiger partial charge in [0.1, 0.15) is 0 Å². The van der Waals surface area contributed by atoms with Gasteiger partial charge in [-0.1, -0.05) is 27.7 Å². The van der Waals surface area contributed by atoms with Gasteiger partial charge < -0.3 is 15.3 Å². The topological polar surface area (TPSA) is 35.5 Å². The van der Waals surface area contributed by atoms with E-state index in [-0.39, 0.29) is 12.1 Å². The van der Waals surface area contributed by atoms with Gasteiger partial charge in [0.05, 0.1) is 12.1 Å². The van der Waals surface area contributed by atoms with Gasteiger partial charge in [-0.05, 0) is 31.7 Å². The van der Waals surface area contributed by atoms with Crippen LogP contribution in [-0.4, -0.2) is 47.8 Å². The predicted octanol–water partition coefficient (Wildman–Crippen LogP) is 1.86. The molecule has 1 saturated heterocycles. The summed E-state index contributed by atoms with van der Waals surface area (Å²) < 4.78 is 0. The number of nitrogens with one attached hydrogen (secondary N) is 1. The van der Waals surface area contributed by atoms with E-state index in [1.54, 1.807) is 0 Å². The lowest BCUT2D eigenvalue weighted by atomic mass is 9.83. The molecule has 1 fully saturated rings. The minimum Gasteiger partial charge on any atom is -0.394 e. The van der Waals surface area contributed by atoms with Crippen LogP contribution in [-0.2, 0) is 0 Å². The largest absolute Gasteiger partial charge is 0.394 e. The fraction of sp³-hybridized carbons (Fsp3) is 1.00. The van der Waals surface area contributed by atoms with Crippen LogP contribution in [0, 0.1) is 5.41 Å². The number of hydrogen-bond acceptors (Lipinski definition) is 3. The van der Waals surface area contributed by atoms with Crippen molar-refractivity contribution in [3.63, 3.8) is 0 Å². The molecule has 0 spiro atoms. The maximum atomic E-state index is 9.61. The van der Waals surface area contributed by atoms with Crippen LogP contribution in [0.5, 0.6) is 0 Å². The molecule has 1 heterocycles. The quantitative estimate of drug-likeness (QED) is 0.772.